The van der Waals surface area contributed by atoms with Gasteiger partial charge in [0.25, 0.3) is 0 Å². The topological polar surface area (TPSA) is 12.9 Å². The largest absolute Gasteiger partial charge is 0.253 e. The van der Waals surface area contributed by atoms with Crippen LogP contribution >= 0.6 is 38.9 Å². The highest BCUT2D eigenvalue weighted by atomic mass is 79.9. The molecule has 2 aromatic heterocycles. The van der Waals surface area contributed by atoms with Gasteiger partial charge in [0.2, 0.25) is 0 Å². The van der Waals surface area contributed by atoms with Crippen LogP contribution in [0.3, 0.4) is 0 Å². The predicted octanol–water partition coefficient (Wildman–Crippen LogP) is 5.94. The van der Waals surface area contributed by atoms with Crippen LogP contribution in [0, 0.1) is 6.92 Å². The third-order valence-corrected chi connectivity index (χ3v) is 6.17. The van der Waals surface area contributed by atoms with Gasteiger partial charge in [0.05, 0.1) is 15.4 Å². The molecule has 3 aromatic rings. The van der Waals surface area contributed by atoms with Crippen LogP contribution in [0.5, 0.6) is 0 Å². The highest BCUT2D eigenvalue weighted by Gasteiger charge is 2.16. The monoisotopic (exact) mass is 365 g/mol. The number of rotatable bonds is 3. The second kappa shape index (κ2) is 5.84. The van der Waals surface area contributed by atoms with Gasteiger partial charge >= 0.3 is 0 Å². The van der Waals surface area contributed by atoms with E-state index in [9.17, 15) is 0 Å². The zero-order chi connectivity index (χ0) is 14.1. The molecule has 1 nitrogen and oxygen atoms in total. The van der Waals surface area contributed by atoms with Gasteiger partial charge in [0, 0.05) is 22.4 Å². The van der Waals surface area contributed by atoms with Crippen molar-refractivity contribution in [2.75, 3.05) is 0 Å². The summed E-state index contributed by atoms with van der Waals surface area (Å²) in [6, 6.07) is 12.4. The van der Waals surface area contributed by atoms with Gasteiger partial charge in [-0.1, -0.05) is 51.8 Å². The van der Waals surface area contributed by atoms with Gasteiger partial charge < -0.3 is 0 Å². The number of hydrogen-bond acceptors (Lipinski definition) is 2. The maximum absolute atomic E-state index is 6.32. The Balaban J connectivity index is 1.87. The maximum atomic E-state index is 6.32. The van der Waals surface area contributed by atoms with Crippen molar-refractivity contribution in [3.8, 4) is 0 Å². The van der Waals surface area contributed by atoms with Crippen molar-refractivity contribution in [2.24, 2.45) is 0 Å². The summed E-state index contributed by atoms with van der Waals surface area (Å²) in [5, 5.41) is 4.14. The molecule has 4 heteroatoms. The molecule has 0 aliphatic carbocycles. The van der Waals surface area contributed by atoms with E-state index in [1.165, 1.54) is 10.3 Å². The summed E-state index contributed by atoms with van der Waals surface area (Å²) in [7, 11) is 0. The molecule has 0 saturated carbocycles. The number of benzene rings is 1. The number of fused-ring (bicyclic) bond motifs is 1. The summed E-state index contributed by atoms with van der Waals surface area (Å²) in [6.45, 7) is 2.04. The fourth-order valence-corrected chi connectivity index (χ4v) is 4.48. The van der Waals surface area contributed by atoms with E-state index in [0.29, 0.717) is 0 Å². The molecule has 0 saturated heterocycles. The molecule has 2 heterocycles. The molecule has 0 aliphatic rings. The number of hydrogen-bond donors (Lipinski definition) is 0. The van der Waals surface area contributed by atoms with E-state index in [-0.39, 0.29) is 4.83 Å². The standard InChI is InChI=1S/C16H13BrClNS/c1-10-9-20-16(15(10)18)13(17)8-12-7-6-11-4-2-3-5-14(11)19-12/h2-7,9,13H,8H2,1H3. The Morgan fingerprint density at radius 3 is 2.80 bits per heavy atom. The van der Waals surface area contributed by atoms with Gasteiger partial charge in [-0.3, -0.25) is 4.98 Å². The Bertz CT molecular complexity index is 753. The van der Waals surface area contributed by atoms with E-state index in [0.717, 1.165) is 28.2 Å². The fraction of sp³-hybridized carbons (Fsp3) is 0.188. The third kappa shape index (κ3) is 2.76. The second-order valence-corrected chi connectivity index (χ2v) is 7.16. The molecular formula is C16H13BrClNS. The molecule has 0 radical (unpaired) electrons. The first kappa shape index (κ1) is 14.1. The Labute approximate surface area is 135 Å². The highest BCUT2D eigenvalue weighted by Crippen LogP contribution is 2.38. The van der Waals surface area contributed by atoms with Crippen LogP contribution in [0.1, 0.15) is 21.0 Å². The van der Waals surface area contributed by atoms with Crippen LogP contribution in [0.2, 0.25) is 5.02 Å². The molecular weight excluding hydrogens is 354 g/mol. The first-order chi connectivity index (χ1) is 9.65. The lowest BCUT2D eigenvalue weighted by Gasteiger charge is -2.09. The Hall–Kier alpha value is -0.900. The molecule has 3 rings (SSSR count). The smallest absolute Gasteiger partial charge is 0.0705 e. The molecule has 20 heavy (non-hydrogen) atoms. The van der Waals surface area contributed by atoms with Gasteiger partial charge in [-0.05, 0) is 30.0 Å². The number of aromatic nitrogens is 1. The molecule has 0 fully saturated rings. The van der Waals surface area contributed by atoms with Crippen molar-refractivity contribution in [3.05, 3.63) is 62.9 Å². The third-order valence-electron chi connectivity index (χ3n) is 3.25. The molecule has 1 unspecified atom stereocenters. The van der Waals surface area contributed by atoms with Gasteiger partial charge in [-0.15, -0.1) is 11.3 Å². The molecule has 1 aromatic carbocycles. The normalized spacial score (nSPS) is 12.8. The van der Waals surface area contributed by atoms with E-state index in [1.807, 2.05) is 25.1 Å². The Morgan fingerprint density at radius 1 is 1.25 bits per heavy atom. The number of thiophene rings is 1. The summed E-state index contributed by atoms with van der Waals surface area (Å²) in [5.41, 5.74) is 3.26. The highest BCUT2D eigenvalue weighted by molar-refractivity contribution is 9.09. The van der Waals surface area contributed by atoms with Crippen molar-refractivity contribution in [1.29, 1.82) is 0 Å². The van der Waals surface area contributed by atoms with E-state index < -0.39 is 0 Å². The minimum absolute atomic E-state index is 0.211. The fourth-order valence-electron chi connectivity index (χ4n) is 2.16. The van der Waals surface area contributed by atoms with Crippen molar-refractivity contribution < 1.29 is 0 Å². The van der Waals surface area contributed by atoms with Crippen LogP contribution in [-0.2, 0) is 6.42 Å². The van der Waals surface area contributed by atoms with E-state index in [2.05, 4.69) is 39.5 Å². The van der Waals surface area contributed by atoms with Crippen molar-refractivity contribution in [3.63, 3.8) is 0 Å². The summed E-state index contributed by atoms with van der Waals surface area (Å²) >= 11 is 11.8. The van der Waals surface area contributed by atoms with Crippen LogP contribution in [-0.4, -0.2) is 4.98 Å². The zero-order valence-corrected chi connectivity index (χ0v) is 14.1. The molecule has 0 spiro atoms. The molecule has 0 N–H and O–H groups in total. The minimum Gasteiger partial charge on any atom is -0.253 e. The van der Waals surface area contributed by atoms with Crippen LogP contribution in [0.25, 0.3) is 10.9 Å². The second-order valence-electron chi connectivity index (χ2n) is 4.76. The van der Waals surface area contributed by atoms with Crippen LogP contribution in [0.4, 0.5) is 0 Å². The van der Waals surface area contributed by atoms with Crippen molar-refractivity contribution in [1.82, 2.24) is 4.98 Å². The van der Waals surface area contributed by atoms with E-state index in [4.69, 9.17) is 16.6 Å². The average Bonchev–Trinajstić information content (AvgIpc) is 2.79. The average molecular weight is 367 g/mol. The molecule has 0 bridgehead atoms. The number of aryl methyl sites for hydroxylation is 1. The maximum Gasteiger partial charge on any atom is 0.0705 e. The summed E-state index contributed by atoms with van der Waals surface area (Å²) < 4.78 is 0. The lowest BCUT2D eigenvalue weighted by Crippen LogP contribution is -1.97. The number of pyridine rings is 1. The predicted molar refractivity (Wildman–Crippen MR) is 91.2 cm³/mol. The van der Waals surface area contributed by atoms with Crippen LogP contribution in [0.15, 0.2) is 41.8 Å². The quantitative estimate of drug-likeness (QED) is 0.523. The van der Waals surface area contributed by atoms with Crippen LogP contribution < -0.4 is 0 Å². The van der Waals surface area contributed by atoms with Gasteiger partial charge in [0.1, 0.15) is 0 Å². The number of nitrogens with zero attached hydrogens (tertiary/aromatic N) is 1. The molecule has 0 aliphatic heterocycles. The minimum atomic E-state index is 0.211. The van der Waals surface area contributed by atoms with Crippen molar-refractivity contribution in [2.45, 2.75) is 18.2 Å². The molecule has 1 atom stereocenters. The Kier molecular flexibility index (Phi) is 4.11. The lowest BCUT2D eigenvalue weighted by atomic mass is 10.1. The van der Waals surface area contributed by atoms with E-state index >= 15 is 0 Å². The van der Waals surface area contributed by atoms with Gasteiger partial charge in [-0.2, -0.15) is 0 Å². The molecule has 0 amide bonds. The summed E-state index contributed by atoms with van der Waals surface area (Å²) in [4.78, 5) is 6.10. The SMILES string of the molecule is Cc1csc(C(Br)Cc2ccc3ccccc3n2)c1Cl. The van der Waals surface area contributed by atoms with Gasteiger partial charge in [0.15, 0.2) is 0 Å². The van der Waals surface area contributed by atoms with Gasteiger partial charge in [-0.25, -0.2) is 0 Å². The molecule has 102 valence electrons. The van der Waals surface area contributed by atoms with Crippen molar-refractivity contribution >= 4 is 49.8 Å². The number of alkyl halides is 1. The zero-order valence-electron chi connectivity index (χ0n) is 10.9. The first-order valence-corrected chi connectivity index (χ1v) is 8.54. The Morgan fingerprint density at radius 2 is 2.05 bits per heavy atom. The summed E-state index contributed by atoms with van der Waals surface area (Å²) in [6.07, 6.45) is 0.838. The summed E-state index contributed by atoms with van der Waals surface area (Å²) in [5.74, 6) is 0. The lowest BCUT2D eigenvalue weighted by molar-refractivity contribution is 0.929. The first-order valence-electron chi connectivity index (χ1n) is 6.37. The number of halogens is 2. The van der Waals surface area contributed by atoms with E-state index in [1.54, 1.807) is 11.3 Å². The number of para-hydroxylation sites is 1.